The van der Waals surface area contributed by atoms with E-state index in [-0.39, 0.29) is 0 Å². The number of allylic oxidation sites excluding steroid dienone is 1. The molecule has 1 aliphatic heterocycles. The van der Waals surface area contributed by atoms with Gasteiger partial charge in [-0.05, 0) is 97.8 Å². The normalized spacial score (nSPS) is 15.1. The first-order valence-corrected chi connectivity index (χ1v) is 16.2. The number of aryl methyl sites for hydroxylation is 2. The molecule has 1 N–H and O–H groups in total. The number of nitrogens with zero attached hydrogens (tertiary/aromatic N) is 5. The molecule has 3 heterocycles. The molecule has 7 nitrogen and oxygen atoms in total. The molecule has 2 aromatic heterocycles. The lowest BCUT2D eigenvalue weighted by Gasteiger charge is -2.29. The van der Waals surface area contributed by atoms with Crippen molar-refractivity contribution in [1.82, 2.24) is 15.0 Å². The monoisotopic (exact) mass is 592 g/mol. The largest absolute Gasteiger partial charge is 0.457 e. The highest BCUT2D eigenvalue weighted by Gasteiger charge is 2.21. The highest BCUT2D eigenvalue weighted by Crippen LogP contribution is 2.40. The van der Waals surface area contributed by atoms with Crippen LogP contribution in [0.1, 0.15) is 82.9 Å². The lowest BCUT2D eigenvalue weighted by atomic mass is 9.90. The third-order valence-corrected chi connectivity index (χ3v) is 8.93. The van der Waals surface area contributed by atoms with Crippen LogP contribution in [0, 0.1) is 19.8 Å². The van der Waals surface area contributed by atoms with Crippen molar-refractivity contribution >= 4 is 34.0 Å². The van der Waals surface area contributed by atoms with Gasteiger partial charge in [-0.15, -0.1) is 0 Å². The van der Waals surface area contributed by atoms with Crippen molar-refractivity contribution in [3.63, 3.8) is 0 Å². The third kappa shape index (κ3) is 6.82. The average molecular weight is 593 g/mol. The van der Waals surface area contributed by atoms with Crippen molar-refractivity contribution in [3.05, 3.63) is 77.3 Å². The van der Waals surface area contributed by atoms with Gasteiger partial charge in [-0.1, -0.05) is 47.0 Å². The van der Waals surface area contributed by atoms with Gasteiger partial charge in [0.05, 0.1) is 5.52 Å². The maximum absolute atomic E-state index is 6.40. The summed E-state index contributed by atoms with van der Waals surface area (Å²) >= 11 is 0. The van der Waals surface area contributed by atoms with Gasteiger partial charge < -0.3 is 19.9 Å². The quantitative estimate of drug-likeness (QED) is 0.164. The fourth-order valence-corrected chi connectivity index (χ4v) is 5.93. The van der Waals surface area contributed by atoms with Crippen LogP contribution in [0.5, 0.6) is 11.5 Å². The van der Waals surface area contributed by atoms with Gasteiger partial charge in [0.15, 0.2) is 5.82 Å². The molecule has 232 valence electrons. The molecule has 1 aliphatic rings. The highest BCUT2D eigenvalue weighted by atomic mass is 16.5. The summed E-state index contributed by atoms with van der Waals surface area (Å²) < 4.78 is 6.40. The van der Waals surface area contributed by atoms with Crippen LogP contribution < -0.4 is 19.9 Å². The molecule has 5 rings (SSSR count). The van der Waals surface area contributed by atoms with Crippen molar-refractivity contribution in [3.8, 4) is 11.5 Å². The number of nitrogens with one attached hydrogen (secondary N) is 1. The molecule has 0 saturated carbocycles. The zero-order chi connectivity index (χ0) is 31.4. The Kier molecular flexibility index (Phi) is 9.72. The van der Waals surface area contributed by atoms with E-state index in [0.717, 1.165) is 71.1 Å². The van der Waals surface area contributed by atoms with Crippen molar-refractivity contribution in [1.29, 1.82) is 0 Å². The molecule has 4 aromatic rings. The molecule has 0 radical (unpaired) electrons. The summed E-state index contributed by atoms with van der Waals surface area (Å²) in [6.07, 6.45) is 8.55. The second kappa shape index (κ2) is 13.7. The van der Waals surface area contributed by atoms with Gasteiger partial charge in [0.1, 0.15) is 29.2 Å². The number of ether oxygens (including phenoxy) is 1. The van der Waals surface area contributed by atoms with E-state index >= 15 is 0 Å². The molecular formula is C37H48N6O. The van der Waals surface area contributed by atoms with Crippen LogP contribution in [0.25, 0.3) is 11.0 Å². The Hall–Kier alpha value is -4.13. The molecule has 2 atom stereocenters. The zero-order valence-corrected chi connectivity index (χ0v) is 27.7. The highest BCUT2D eigenvalue weighted by molar-refractivity contribution is 5.89. The van der Waals surface area contributed by atoms with Gasteiger partial charge in [0.2, 0.25) is 0 Å². The number of hydrogen-bond acceptors (Lipinski definition) is 7. The first kappa shape index (κ1) is 31.3. The summed E-state index contributed by atoms with van der Waals surface area (Å²) in [5, 5.41) is 3.53. The summed E-state index contributed by atoms with van der Waals surface area (Å²) in [5.41, 5.74) is 8.59. The van der Waals surface area contributed by atoms with Gasteiger partial charge in [0.25, 0.3) is 0 Å². The maximum Gasteiger partial charge on any atom is 0.160 e. The zero-order valence-electron chi connectivity index (χ0n) is 27.7. The van der Waals surface area contributed by atoms with Crippen LogP contribution in [-0.4, -0.2) is 35.1 Å². The second-order valence-electron chi connectivity index (χ2n) is 12.5. The summed E-state index contributed by atoms with van der Waals surface area (Å²) in [5.74, 6) is 4.36. The van der Waals surface area contributed by atoms with E-state index in [4.69, 9.17) is 9.72 Å². The van der Waals surface area contributed by atoms with E-state index < -0.39 is 0 Å². The van der Waals surface area contributed by atoms with Crippen LogP contribution in [0.3, 0.4) is 0 Å². The second-order valence-corrected chi connectivity index (χ2v) is 12.5. The standard InChI is InChI=1S/C37H48N6O/c1-9-11-12-17-43(21-24(3)10-2)37-26(5)19-32-35(41-37)36(39-23-38-32)40-29-13-16-34(25(4)18-29)44-30-14-15-33-31(20-30)28(7)27(6)22-42(33)8/h13-16,18-20,22-24,28H,9-12,17,21H2,1-8H3,(H,38,39,40). The van der Waals surface area contributed by atoms with Crippen molar-refractivity contribution in [2.45, 2.75) is 80.1 Å². The molecule has 0 saturated heterocycles. The van der Waals surface area contributed by atoms with Crippen molar-refractivity contribution in [2.75, 3.05) is 35.3 Å². The summed E-state index contributed by atoms with van der Waals surface area (Å²) in [6, 6.07) is 14.7. The Morgan fingerprint density at radius 3 is 2.57 bits per heavy atom. The number of hydrogen-bond donors (Lipinski definition) is 1. The number of aromatic nitrogens is 3. The van der Waals surface area contributed by atoms with Gasteiger partial charge in [-0.25, -0.2) is 15.0 Å². The summed E-state index contributed by atoms with van der Waals surface area (Å²) in [6.45, 7) is 17.5. The SMILES string of the molecule is CCCCCN(CC(C)CC)c1nc2c(Nc3ccc(Oc4ccc5c(c4)C(C)C(C)=CN5C)c(C)c3)ncnc2cc1C. The Balaban J connectivity index is 1.39. The Morgan fingerprint density at radius 2 is 1.82 bits per heavy atom. The maximum atomic E-state index is 6.40. The molecule has 0 fully saturated rings. The van der Waals surface area contributed by atoms with E-state index in [1.54, 1.807) is 6.33 Å². The Morgan fingerprint density at radius 1 is 1.00 bits per heavy atom. The molecule has 2 aromatic carbocycles. The molecular weight excluding hydrogens is 544 g/mol. The van der Waals surface area contributed by atoms with E-state index in [1.807, 2.05) is 18.2 Å². The molecule has 0 amide bonds. The molecule has 2 unspecified atom stereocenters. The smallest absolute Gasteiger partial charge is 0.160 e. The average Bonchev–Trinajstić information content (AvgIpc) is 3.00. The van der Waals surface area contributed by atoms with E-state index in [2.05, 4.69) is 111 Å². The minimum absolute atomic E-state index is 0.358. The van der Waals surface area contributed by atoms with Crippen molar-refractivity contribution < 1.29 is 4.74 Å². The predicted molar refractivity (Wildman–Crippen MR) is 185 cm³/mol. The number of unbranched alkanes of at least 4 members (excludes halogenated alkanes) is 2. The van der Waals surface area contributed by atoms with Crippen LogP contribution >= 0.6 is 0 Å². The van der Waals surface area contributed by atoms with Crippen LogP contribution in [0.4, 0.5) is 23.0 Å². The fourth-order valence-electron chi connectivity index (χ4n) is 5.93. The fraction of sp³-hybridized carbons (Fsp3) is 0.432. The van der Waals surface area contributed by atoms with Crippen LogP contribution in [-0.2, 0) is 0 Å². The van der Waals surface area contributed by atoms with Gasteiger partial charge in [-0.3, -0.25) is 0 Å². The lowest BCUT2D eigenvalue weighted by Crippen LogP contribution is -2.31. The summed E-state index contributed by atoms with van der Waals surface area (Å²) in [7, 11) is 2.10. The molecule has 0 spiro atoms. The topological polar surface area (TPSA) is 66.4 Å². The van der Waals surface area contributed by atoms with Crippen LogP contribution in [0.2, 0.25) is 0 Å². The van der Waals surface area contributed by atoms with E-state index in [1.165, 1.54) is 29.7 Å². The third-order valence-electron chi connectivity index (χ3n) is 8.93. The molecule has 44 heavy (non-hydrogen) atoms. The van der Waals surface area contributed by atoms with Gasteiger partial charge in [0, 0.05) is 43.6 Å². The van der Waals surface area contributed by atoms with Crippen molar-refractivity contribution in [2.24, 2.45) is 5.92 Å². The van der Waals surface area contributed by atoms with Gasteiger partial charge >= 0.3 is 0 Å². The Bertz CT molecular complexity index is 1650. The minimum Gasteiger partial charge on any atom is -0.457 e. The molecule has 0 aliphatic carbocycles. The number of benzene rings is 2. The Labute approximate surface area is 263 Å². The lowest BCUT2D eigenvalue weighted by molar-refractivity contribution is 0.478. The van der Waals surface area contributed by atoms with E-state index in [0.29, 0.717) is 17.7 Å². The van der Waals surface area contributed by atoms with Crippen LogP contribution in [0.15, 0.2) is 60.6 Å². The molecule has 7 heteroatoms. The number of fused-ring (bicyclic) bond motifs is 2. The minimum atomic E-state index is 0.358. The number of anilines is 4. The number of pyridine rings is 1. The van der Waals surface area contributed by atoms with E-state index in [9.17, 15) is 0 Å². The van der Waals surface area contributed by atoms with Gasteiger partial charge in [-0.2, -0.15) is 0 Å². The first-order valence-electron chi connectivity index (χ1n) is 16.2. The first-order chi connectivity index (χ1) is 21.2. The predicted octanol–water partition coefficient (Wildman–Crippen LogP) is 9.68. The number of rotatable bonds is 12. The summed E-state index contributed by atoms with van der Waals surface area (Å²) in [4.78, 5) is 19.0. The molecule has 0 bridgehead atoms.